The van der Waals surface area contributed by atoms with Crippen LogP contribution in [-0.4, -0.2) is 25.1 Å². The van der Waals surface area contributed by atoms with E-state index in [1.807, 2.05) is 35.9 Å². The summed E-state index contributed by atoms with van der Waals surface area (Å²) in [6, 6.07) is 7.14. The Hall–Kier alpha value is -2.47. The highest BCUT2D eigenvalue weighted by atomic mass is 16.1. The Morgan fingerprint density at radius 3 is 2.76 bits per heavy atom. The Morgan fingerprint density at radius 1 is 1.33 bits per heavy atom. The molecule has 0 saturated heterocycles. The number of rotatable bonds is 4. The zero-order chi connectivity index (χ0) is 15.0. The van der Waals surface area contributed by atoms with Gasteiger partial charge in [-0.25, -0.2) is 4.98 Å². The molecule has 0 saturated carbocycles. The van der Waals surface area contributed by atoms with Crippen LogP contribution in [-0.2, 0) is 25.3 Å². The number of hydrogen-bond acceptors (Lipinski definition) is 4. The molecule has 1 atom stereocenters. The molecule has 1 aromatic carbocycles. The summed E-state index contributed by atoms with van der Waals surface area (Å²) in [6.07, 6.45) is 3.59. The van der Waals surface area contributed by atoms with Gasteiger partial charge in [0, 0.05) is 25.9 Å². The third kappa shape index (κ3) is 2.45. The summed E-state index contributed by atoms with van der Waals surface area (Å²) in [5, 5.41) is 4.04. The summed E-state index contributed by atoms with van der Waals surface area (Å²) in [5.74, 6) is 0.655. The fourth-order valence-electron chi connectivity index (χ4n) is 2.41. The van der Waals surface area contributed by atoms with Crippen LogP contribution in [0, 0.1) is 0 Å². The molecule has 0 aliphatic heterocycles. The average molecular weight is 283 g/mol. The lowest BCUT2D eigenvalue weighted by Crippen LogP contribution is -2.23. The SMILES string of the molecule is Cn1cc(C(N)C(=O)Cc2nc3ccccc3n2C)cn1. The van der Waals surface area contributed by atoms with Crippen molar-refractivity contribution in [2.24, 2.45) is 19.8 Å². The Kier molecular flexibility index (Phi) is 3.31. The van der Waals surface area contributed by atoms with E-state index in [0.717, 1.165) is 22.4 Å². The predicted molar refractivity (Wildman–Crippen MR) is 79.6 cm³/mol. The number of Topliss-reactive ketones (excluding diaryl/α,β-unsaturated/α-hetero) is 1. The molecule has 1 unspecified atom stereocenters. The minimum atomic E-state index is -0.668. The van der Waals surface area contributed by atoms with Crippen molar-refractivity contribution in [3.8, 4) is 0 Å². The maximum Gasteiger partial charge on any atom is 0.161 e. The third-order valence-electron chi connectivity index (χ3n) is 3.64. The average Bonchev–Trinajstić information content (AvgIpc) is 3.04. The molecule has 0 aliphatic rings. The summed E-state index contributed by atoms with van der Waals surface area (Å²) in [4.78, 5) is 16.8. The second-order valence-electron chi connectivity index (χ2n) is 5.14. The first-order chi connectivity index (χ1) is 10.1. The van der Waals surface area contributed by atoms with E-state index in [0.29, 0.717) is 0 Å². The highest BCUT2D eigenvalue weighted by molar-refractivity contribution is 5.87. The van der Waals surface area contributed by atoms with Gasteiger partial charge in [-0.1, -0.05) is 12.1 Å². The van der Waals surface area contributed by atoms with Crippen LogP contribution in [0.5, 0.6) is 0 Å². The largest absolute Gasteiger partial charge is 0.331 e. The zero-order valence-corrected chi connectivity index (χ0v) is 12.0. The number of ketones is 1. The highest BCUT2D eigenvalue weighted by Gasteiger charge is 2.20. The van der Waals surface area contributed by atoms with Crippen LogP contribution in [0.25, 0.3) is 11.0 Å². The van der Waals surface area contributed by atoms with Gasteiger partial charge in [0.15, 0.2) is 5.78 Å². The lowest BCUT2D eigenvalue weighted by molar-refractivity contribution is -0.119. The molecule has 6 nitrogen and oxygen atoms in total. The van der Waals surface area contributed by atoms with Gasteiger partial charge >= 0.3 is 0 Å². The fraction of sp³-hybridized carbons (Fsp3) is 0.267. The van der Waals surface area contributed by atoms with E-state index in [9.17, 15) is 4.79 Å². The molecule has 2 heterocycles. The maximum atomic E-state index is 12.3. The van der Waals surface area contributed by atoms with Crippen molar-refractivity contribution < 1.29 is 4.79 Å². The number of para-hydroxylation sites is 2. The molecule has 6 heteroatoms. The van der Waals surface area contributed by atoms with Gasteiger partial charge in [0.05, 0.1) is 29.7 Å². The summed E-state index contributed by atoms with van der Waals surface area (Å²) < 4.78 is 3.57. The number of imidazole rings is 1. The first-order valence-electron chi connectivity index (χ1n) is 6.73. The fourth-order valence-corrected chi connectivity index (χ4v) is 2.41. The number of nitrogens with zero attached hydrogens (tertiary/aromatic N) is 4. The van der Waals surface area contributed by atoms with Crippen molar-refractivity contribution in [3.63, 3.8) is 0 Å². The Labute approximate surface area is 122 Å². The van der Waals surface area contributed by atoms with Gasteiger partial charge in [-0.3, -0.25) is 9.48 Å². The van der Waals surface area contributed by atoms with Crippen LogP contribution in [0.3, 0.4) is 0 Å². The highest BCUT2D eigenvalue weighted by Crippen LogP contribution is 2.17. The summed E-state index contributed by atoms with van der Waals surface area (Å²) in [7, 11) is 3.71. The Morgan fingerprint density at radius 2 is 2.10 bits per heavy atom. The van der Waals surface area contributed by atoms with Gasteiger partial charge < -0.3 is 10.3 Å². The third-order valence-corrected chi connectivity index (χ3v) is 3.64. The van der Waals surface area contributed by atoms with Gasteiger partial charge in [-0.2, -0.15) is 5.10 Å². The number of nitrogens with two attached hydrogens (primary N) is 1. The first-order valence-corrected chi connectivity index (χ1v) is 6.73. The number of carbonyl (C=O) groups is 1. The quantitative estimate of drug-likeness (QED) is 0.778. The smallest absolute Gasteiger partial charge is 0.161 e. The number of benzene rings is 1. The van der Waals surface area contributed by atoms with Crippen molar-refractivity contribution in [2.45, 2.75) is 12.5 Å². The second-order valence-corrected chi connectivity index (χ2v) is 5.14. The maximum absolute atomic E-state index is 12.3. The normalized spacial score (nSPS) is 12.7. The Balaban J connectivity index is 1.84. The van der Waals surface area contributed by atoms with Crippen LogP contribution in [0.2, 0.25) is 0 Å². The Bertz CT molecular complexity index is 801. The van der Waals surface area contributed by atoms with Crippen LogP contribution >= 0.6 is 0 Å². The van der Waals surface area contributed by atoms with E-state index in [1.54, 1.807) is 24.1 Å². The number of carbonyl (C=O) groups excluding carboxylic acids is 1. The van der Waals surface area contributed by atoms with Crippen LogP contribution in [0.4, 0.5) is 0 Å². The molecule has 0 bridgehead atoms. The molecule has 0 amide bonds. The molecule has 0 spiro atoms. The second kappa shape index (κ2) is 5.14. The molecular formula is C15H17N5O. The van der Waals surface area contributed by atoms with Gasteiger partial charge in [0.2, 0.25) is 0 Å². The minimum Gasteiger partial charge on any atom is -0.331 e. The van der Waals surface area contributed by atoms with Gasteiger partial charge in [-0.05, 0) is 12.1 Å². The van der Waals surface area contributed by atoms with Crippen LogP contribution < -0.4 is 5.73 Å². The standard InChI is InChI=1S/C15H17N5O/c1-19-9-10(8-17-19)15(16)13(21)7-14-18-11-5-3-4-6-12(11)20(14)2/h3-6,8-9,15H,7,16H2,1-2H3. The van der Waals surface area contributed by atoms with Crippen LogP contribution in [0.15, 0.2) is 36.7 Å². The number of aryl methyl sites for hydroxylation is 2. The van der Waals surface area contributed by atoms with Crippen molar-refractivity contribution in [3.05, 3.63) is 48.0 Å². The number of fused-ring (bicyclic) bond motifs is 1. The topological polar surface area (TPSA) is 78.7 Å². The van der Waals surface area contributed by atoms with Crippen molar-refractivity contribution in [2.75, 3.05) is 0 Å². The number of aromatic nitrogens is 4. The van der Waals surface area contributed by atoms with Crippen molar-refractivity contribution in [1.82, 2.24) is 19.3 Å². The molecular weight excluding hydrogens is 266 g/mol. The molecule has 3 rings (SSSR count). The molecule has 21 heavy (non-hydrogen) atoms. The van der Waals surface area contributed by atoms with Crippen molar-refractivity contribution >= 4 is 16.8 Å². The van der Waals surface area contributed by atoms with Crippen LogP contribution in [0.1, 0.15) is 17.4 Å². The van der Waals surface area contributed by atoms with E-state index in [1.165, 1.54) is 0 Å². The van der Waals surface area contributed by atoms with E-state index >= 15 is 0 Å². The molecule has 108 valence electrons. The molecule has 2 aromatic heterocycles. The molecule has 2 N–H and O–H groups in total. The summed E-state index contributed by atoms with van der Waals surface area (Å²) in [6.45, 7) is 0. The van der Waals surface area contributed by atoms with E-state index in [2.05, 4.69) is 10.1 Å². The summed E-state index contributed by atoms with van der Waals surface area (Å²) >= 11 is 0. The molecule has 0 fully saturated rings. The molecule has 0 radical (unpaired) electrons. The lowest BCUT2D eigenvalue weighted by Gasteiger charge is -2.08. The van der Waals surface area contributed by atoms with E-state index in [4.69, 9.17) is 5.73 Å². The number of hydrogen-bond donors (Lipinski definition) is 1. The van der Waals surface area contributed by atoms with E-state index in [-0.39, 0.29) is 12.2 Å². The van der Waals surface area contributed by atoms with Gasteiger partial charge in [0.25, 0.3) is 0 Å². The first kappa shape index (κ1) is 13.5. The van der Waals surface area contributed by atoms with Crippen molar-refractivity contribution in [1.29, 1.82) is 0 Å². The molecule has 3 aromatic rings. The lowest BCUT2D eigenvalue weighted by atomic mass is 10.1. The predicted octanol–water partition coefficient (Wildman–Crippen LogP) is 1.12. The summed E-state index contributed by atoms with van der Waals surface area (Å²) in [5.41, 5.74) is 8.62. The van der Waals surface area contributed by atoms with Gasteiger partial charge in [0.1, 0.15) is 5.82 Å². The zero-order valence-electron chi connectivity index (χ0n) is 12.0. The molecule has 0 aliphatic carbocycles. The minimum absolute atomic E-state index is 0.0681. The monoisotopic (exact) mass is 283 g/mol. The van der Waals surface area contributed by atoms with E-state index < -0.39 is 6.04 Å². The van der Waals surface area contributed by atoms with Gasteiger partial charge in [-0.15, -0.1) is 0 Å².